The predicted octanol–water partition coefficient (Wildman–Crippen LogP) is 2.22. The maximum absolute atomic E-state index is 6.15. The summed E-state index contributed by atoms with van der Waals surface area (Å²) in [5.41, 5.74) is 1.06. The Kier molecular flexibility index (Phi) is 4.40. The Labute approximate surface area is 114 Å². The summed E-state index contributed by atoms with van der Waals surface area (Å²) in [5.74, 6) is 0.993. The van der Waals surface area contributed by atoms with Crippen LogP contribution in [0.15, 0.2) is 6.33 Å². The molecule has 0 amide bonds. The number of aromatic nitrogens is 2. The summed E-state index contributed by atoms with van der Waals surface area (Å²) in [4.78, 5) is 13.1. The minimum Gasteiger partial charge on any atom is -0.356 e. The Hall–Kier alpha value is -0.870. The van der Waals surface area contributed by atoms with E-state index in [-0.39, 0.29) is 0 Å². The first-order chi connectivity index (χ1) is 8.63. The largest absolute Gasteiger partial charge is 0.356 e. The molecule has 5 heteroatoms. The first-order valence-electron chi connectivity index (χ1n) is 6.54. The van der Waals surface area contributed by atoms with Gasteiger partial charge in [-0.1, -0.05) is 18.5 Å². The molecule has 0 spiro atoms. The molecule has 0 N–H and O–H groups in total. The second kappa shape index (κ2) is 5.85. The van der Waals surface area contributed by atoms with Gasteiger partial charge in [0.25, 0.3) is 0 Å². The van der Waals surface area contributed by atoms with Crippen molar-refractivity contribution in [1.82, 2.24) is 14.9 Å². The highest BCUT2D eigenvalue weighted by molar-refractivity contribution is 6.30. The summed E-state index contributed by atoms with van der Waals surface area (Å²) in [6.45, 7) is 4.39. The van der Waals surface area contributed by atoms with Gasteiger partial charge in [-0.15, -0.1) is 0 Å². The lowest BCUT2D eigenvalue weighted by Gasteiger charge is -2.36. The zero-order valence-electron chi connectivity index (χ0n) is 11.4. The first kappa shape index (κ1) is 13.6. The minimum atomic E-state index is 0.553. The topological polar surface area (TPSA) is 32.3 Å². The van der Waals surface area contributed by atoms with Gasteiger partial charge in [-0.3, -0.25) is 0 Å². The minimum absolute atomic E-state index is 0.553. The van der Waals surface area contributed by atoms with Gasteiger partial charge in [0.1, 0.15) is 17.3 Å². The number of hydrogen-bond donors (Lipinski definition) is 0. The molecular weight excluding hydrogens is 248 g/mol. The van der Waals surface area contributed by atoms with Crippen LogP contribution < -0.4 is 4.90 Å². The molecule has 0 atom stereocenters. The fourth-order valence-electron chi connectivity index (χ4n) is 2.55. The normalized spacial score (nSPS) is 18.0. The summed E-state index contributed by atoms with van der Waals surface area (Å²) >= 11 is 6.15. The number of hydrogen-bond acceptors (Lipinski definition) is 4. The van der Waals surface area contributed by atoms with Gasteiger partial charge in [0.15, 0.2) is 0 Å². The van der Waals surface area contributed by atoms with Crippen molar-refractivity contribution in [3.8, 4) is 0 Å². The SMILES string of the molecule is CCc1c(Cl)ncnc1N(C)C1CCN(C)CC1. The van der Waals surface area contributed by atoms with Crippen LogP contribution >= 0.6 is 11.6 Å². The molecule has 1 aromatic heterocycles. The molecular formula is C13H21ClN4. The van der Waals surface area contributed by atoms with Gasteiger partial charge >= 0.3 is 0 Å². The Morgan fingerprint density at radius 1 is 1.39 bits per heavy atom. The standard InChI is InChI=1S/C13H21ClN4/c1-4-11-12(14)15-9-16-13(11)18(3)10-5-7-17(2)8-6-10/h9-10H,4-8H2,1-3H3. The lowest BCUT2D eigenvalue weighted by molar-refractivity contribution is 0.252. The van der Waals surface area contributed by atoms with Crippen molar-refractivity contribution < 1.29 is 0 Å². The van der Waals surface area contributed by atoms with E-state index in [1.807, 2.05) is 0 Å². The number of halogens is 1. The van der Waals surface area contributed by atoms with Crippen LogP contribution in [0.2, 0.25) is 5.15 Å². The van der Waals surface area contributed by atoms with E-state index in [1.165, 1.54) is 12.8 Å². The van der Waals surface area contributed by atoms with Crippen molar-refractivity contribution in [2.75, 3.05) is 32.1 Å². The third kappa shape index (κ3) is 2.75. The summed E-state index contributed by atoms with van der Waals surface area (Å²) in [7, 11) is 4.29. The van der Waals surface area contributed by atoms with Crippen molar-refractivity contribution in [3.63, 3.8) is 0 Å². The van der Waals surface area contributed by atoms with Crippen LogP contribution in [-0.4, -0.2) is 48.1 Å². The lowest BCUT2D eigenvalue weighted by atomic mass is 10.0. The van der Waals surface area contributed by atoms with Crippen molar-refractivity contribution in [3.05, 3.63) is 17.0 Å². The van der Waals surface area contributed by atoms with Crippen molar-refractivity contribution in [1.29, 1.82) is 0 Å². The summed E-state index contributed by atoms with van der Waals surface area (Å²) in [6, 6.07) is 0.553. The lowest BCUT2D eigenvalue weighted by Crippen LogP contribution is -2.42. The van der Waals surface area contributed by atoms with Crippen molar-refractivity contribution in [2.24, 2.45) is 0 Å². The Morgan fingerprint density at radius 2 is 2.06 bits per heavy atom. The summed E-state index contributed by atoms with van der Waals surface area (Å²) < 4.78 is 0. The van der Waals surface area contributed by atoms with Gasteiger partial charge in [-0.05, 0) is 39.4 Å². The van der Waals surface area contributed by atoms with Crippen LogP contribution in [0.3, 0.4) is 0 Å². The van der Waals surface area contributed by atoms with Gasteiger partial charge in [-0.2, -0.15) is 0 Å². The monoisotopic (exact) mass is 268 g/mol. The third-order valence-corrected chi connectivity index (χ3v) is 4.12. The molecule has 0 radical (unpaired) electrons. The molecule has 1 aromatic rings. The second-order valence-electron chi connectivity index (χ2n) is 4.97. The zero-order valence-corrected chi connectivity index (χ0v) is 12.1. The molecule has 2 heterocycles. The van der Waals surface area contributed by atoms with E-state index in [0.29, 0.717) is 11.2 Å². The molecule has 18 heavy (non-hydrogen) atoms. The van der Waals surface area contributed by atoms with Gasteiger partial charge in [-0.25, -0.2) is 9.97 Å². The number of likely N-dealkylation sites (tertiary alicyclic amines) is 1. The average Bonchev–Trinajstić information content (AvgIpc) is 2.38. The molecule has 0 bridgehead atoms. The smallest absolute Gasteiger partial charge is 0.137 e. The fourth-order valence-corrected chi connectivity index (χ4v) is 2.81. The molecule has 1 saturated heterocycles. The third-order valence-electron chi connectivity index (χ3n) is 3.79. The number of anilines is 1. The zero-order chi connectivity index (χ0) is 13.1. The molecule has 1 fully saturated rings. The molecule has 0 aromatic carbocycles. The molecule has 1 aliphatic heterocycles. The molecule has 4 nitrogen and oxygen atoms in total. The van der Waals surface area contributed by atoms with Gasteiger partial charge in [0, 0.05) is 18.7 Å². The molecule has 0 aliphatic carbocycles. The second-order valence-corrected chi connectivity index (χ2v) is 5.32. The van der Waals surface area contributed by atoms with Gasteiger partial charge in [0.05, 0.1) is 0 Å². The van der Waals surface area contributed by atoms with E-state index in [1.54, 1.807) is 6.33 Å². The molecule has 100 valence electrons. The van der Waals surface area contributed by atoms with Crippen molar-refractivity contribution >= 4 is 17.4 Å². The maximum Gasteiger partial charge on any atom is 0.137 e. The van der Waals surface area contributed by atoms with Gasteiger partial charge < -0.3 is 9.80 Å². The highest BCUT2D eigenvalue weighted by Crippen LogP contribution is 2.26. The Bertz CT molecular complexity index is 402. The Balaban J connectivity index is 2.18. The maximum atomic E-state index is 6.15. The quantitative estimate of drug-likeness (QED) is 0.787. The van der Waals surface area contributed by atoms with E-state index in [2.05, 4.69) is 40.8 Å². The average molecular weight is 269 g/mol. The van der Waals surface area contributed by atoms with E-state index in [0.717, 1.165) is 30.9 Å². The van der Waals surface area contributed by atoms with E-state index in [9.17, 15) is 0 Å². The van der Waals surface area contributed by atoms with Crippen LogP contribution in [0, 0.1) is 0 Å². The molecule has 1 aliphatic rings. The highest BCUT2D eigenvalue weighted by Gasteiger charge is 2.23. The number of nitrogens with zero attached hydrogens (tertiary/aromatic N) is 4. The van der Waals surface area contributed by atoms with Crippen LogP contribution in [-0.2, 0) is 6.42 Å². The first-order valence-corrected chi connectivity index (χ1v) is 6.92. The van der Waals surface area contributed by atoms with Gasteiger partial charge in [0.2, 0.25) is 0 Å². The van der Waals surface area contributed by atoms with Crippen LogP contribution in [0.4, 0.5) is 5.82 Å². The van der Waals surface area contributed by atoms with Crippen LogP contribution in [0.1, 0.15) is 25.3 Å². The summed E-state index contributed by atoms with van der Waals surface area (Å²) in [6.07, 6.45) is 4.78. The van der Waals surface area contributed by atoms with Crippen LogP contribution in [0.5, 0.6) is 0 Å². The highest BCUT2D eigenvalue weighted by atomic mass is 35.5. The fraction of sp³-hybridized carbons (Fsp3) is 0.692. The molecule has 0 saturated carbocycles. The van der Waals surface area contributed by atoms with E-state index in [4.69, 9.17) is 11.6 Å². The number of rotatable bonds is 3. The van der Waals surface area contributed by atoms with E-state index >= 15 is 0 Å². The Morgan fingerprint density at radius 3 is 2.67 bits per heavy atom. The molecule has 0 unspecified atom stereocenters. The predicted molar refractivity (Wildman–Crippen MR) is 75.3 cm³/mol. The van der Waals surface area contributed by atoms with E-state index < -0.39 is 0 Å². The van der Waals surface area contributed by atoms with Crippen molar-refractivity contribution in [2.45, 2.75) is 32.2 Å². The summed E-state index contributed by atoms with van der Waals surface area (Å²) in [5, 5.41) is 0.585. The van der Waals surface area contributed by atoms with Crippen LogP contribution in [0.25, 0.3) is 0 Å². The number of piperidine rings is 1. The molecule has 2 rings (SSSR count).